The number of nitrogens with one attached hydrogen (secondary N) is 4. The topological polar surface area (TPSA) is 283 Å². The number of benzene rings is 3. The van der Waals surface area contributed by atoms with Crippen LogP contribution in [0, 0.1) is 11.8 Å². The van der Waals surface area contributed by atoms with Crippen LogP contribution in [-0.4, -0.2) is 90.2 Å². The van der Waals surface area contributed by atoms with Gasteiger partial charge in [-0.25, -0.2) is 14.4 Å². The van der Waals surface area contributed by atoms with Crippen molar-refractivity contribution in [1.82, 2.24) is 35.2 Å². The number of aliphatic carboxylic acids is 1. The molecule has 0 spiro atoms. The average Bonchev–Trinajstić information content (AvgIpc) is 3.39. The maximum Gasteiger partial charge on any atom is 0.343 e. The molecule has 0 aliphatic rings. The number of H-pyrrole nitrogens is 3. The molecule has 0 saturated carbocycles. The molecule has 0 saturated heterocycles. The van der Waals surface area contributed by atoms with Gasteiger partial charge in [0, 0.05) is 75.4 Å². The maximum absolute atomic E-state index is 14.3. The van der Waals surface area contributed by atoms with E-state index in [1.807, 2.05) is 0 Å². The number of carboxylic acids is 1. The maximum atomic E-state index is 14.3. The number of fused-ring (bicyclic) bond motifs is 9. The minimum absolute atomic E-state index is 0.119. The smallest absolute Gasteiger partial charge is 0.343 e. The fraction of sp³-hybridized carbons (Fsp3) is 0.226. The second-order valence-electron chi connectivity index (χ2n) is 17.6. The zero-order valence-electron chi connectivity index (χ0n) is 38.8. The minimum Gasteiger partial charge on any atom is -0.481 e. The van der Waals surface area contributed by atoms with Gasteiger partial charge >= 0.3 is 23.9 Å². The lowest BCUT2D eigenvalue weighted by atomic mass is 9.94. The number of amides is 1. The molecular formula is C53H45N7O12. The first-order valence-corrected chi connectivity index (χ1v) is 23.0. The van der Waals surface area contributed by atoms with E-state index in [0.717, 1.165) is 34.7 Å². The Morgan fingerprint density at radius 3 is 1.31 bits per heavy atom. The molecule has 0 bridgehead atoms. The predicted octanol–water partition coefficient (Wildman–Crippen LogP) is 6.50. The van der Waals surface area contributed by atoms with Crippen molar-refractivity contribution in [2.24, 2.45) is 11.8 Å². The number of pyridine rings is 6. The van der Waals surface area contributed by atoms with Gasteiger partial charge in [0.05, 0.1) is 39.0 Å². The number of nitrogens with zero attached hydrogens (tertiary/aromatic N) is 3. The highest BCUT2D eigenvalue weighted by Crippen LogP contribution is 2.25. The van der Waals surface area contributed by atoms with Crippen LogP contribution in [0.15, 0.2) is 124 Å². The summed E-state index contributed by atoms with van der Waals surface area (Å²) in [5.41, 5.74) is -3.15. The molecule has 364 valence electrons. The fourth-order valence-corrected chi connectivity index (χ4v) is 8.73. The van der Waals surface area contributed by atoms with Gasteiger partial charge in [0.25, 0.3) is 0 Å². The van der Waals surface area contributed by atoms with Crippen LogP contribution in [0.25, 0.3) is 65.4 Å². The summed E-state index contributed by atoms with van der Waals surface area (Å²) in [5, 5.41) is 14.9. The number of aromatic nitrogens is 6. The van der Waals surface area contributed by atoms with Gasteiger partial charge in [0.2, 0.25) is 22.2 Å². The zero-order valence-corrected chi connectivity index (χ0v) is 38.8. The van der Waals surface area contributed by atoms with Crippen LogP contribution in [0.3, 0.4) is 0 Å². The quantitative estimate of drug-likeness (QED) is 0.0370. The molecule has 19 heteroatoms. The molecular weight excluding hydrogens is 927 g/mol. The normalized spacial score (nSPS) is 12.5. The fourth-order valence-electron chi connectivity index (χ4n) is 8.73. The van der Waals surface area contributed by atoms with Gasteiger partial charge < -0.3 is 39.6 Å². The Kier molecular flexibility index (Phi) is 13.4. The van der Waals surface area contributed by atoms with Crippen molar-refractivity contribution in [2.45, 2.75) is 45.1 Å². The number of aromatic amines is 3. The van der Waals surface area contributed by atoms with E-state index in [1.54, 1.807) is 87.0 Å². The summed E-state index contributed by atoms with van der Waals surface area (Å²) < 4.78 is 17.3. The Morgan fingerprint density at radius 2 is 0.958 bits per heavy atom. The Labute approximate surface area is 406 Å². The first kappa shape index (κ1) is 47.9. The highest BCUT2D eigenvalue weighted by atomic mass is 16.6. The Morgan fingerprint density at radius 1 is 0.583 bits per heavy atom. The highest BCUT2D eigenvalue weighted by Gasteiger charge is 2.40. The molecule has 19 nitrogen and oxygen atoms in total. The van der Waals surface area contributed by atoms with Crippen LogP contribution in [0.2, 0.25) is 0 Å². The summed E-state index contributed by atoms with van der Waals surface area (Å²) in [6.45, 7) is 0.593. The van der Waals surface area contributed by atoms with E-state index in [4.69, 9.17) is 14.2 Å². The molecule has 2 atom stereocenters. The molecule has 0 aliphatic carbocycles. The van der Waals surface area contributed by atoms with Gasteiger partial charge in [-0.15, -0.1) is 0 Å². The number of rotatable bonds is 17. The van der Waals surface area contributed by atoms with E-state index in [-0.39, 0.29) is 29.0 Å². The second kappa shape index (κ2) is 20.1. The summed E-state index contributed by atoms with van der Waals surface area (Å²) in [6, 6.07) is 20.2. The standard InChI is InChI=1S/C53H45N7O12/c1-3-29(49(65)66)9-4-8-28(2)48(64)60-53(25-70-50(67)36-22-57-42-33(45(36)61)16-13-30-10-5-19-54-39(30)42,26-71-51(68)37-23-58-43-34(46(37)62)17-14-31-11-6-20-55-40(31)43)27-72-52(69)38-24-59-44-35(47(38)63)18-15-32-12-7-21-56-41(32)44/h5-7,10-24,28-29H,3-4,8-9,25-27H2,1-2H3,(H,57,61)(H,58,62)(H,59,63)(H,60,64)(H,65,66). The van der Waals surface area contributed by atoms with Crippen molar-refractivity contribution < 1.29 is 43.3 Å². The SMILES string of the molecule is CCC(CCCC(C)C(=O)NC(COC(=O)c1c[nH]c2c(ccc3cccnc32)c1=O)(COC(=O)c1c[nH]c2c(ccc3cccnc32)c1=O)COC(=O)c1c[nH]c2c(ccc3cccnc32)c1=O)C(=O)O. The minimum atomic E-state index is -2.17. The van der Waals surface area contributed by atoms with Gasteiger partial charge in [-0.3, -0.25) is 38.9 Å². The molecule has 0 aliphatic heterocycles. The molecule has 1 amide bonds. The van der Waals surface area contributed by atoms with E-state index in [1.165, 1.54) is 18.2 Å². The van der Waals surface area contributed by atoms with E-state index >= 15 is 0 Å². The number of carbonyl (C=O) groups is 5. The van der Waals surface area contributed by atoms with Gasteiger partial charge in [-0.1, -0.05) is 56.7 Å². The number of hydrogen-bond donors (Lipinski definition) is 5. The van der Waals surface area contributed by atoms with Crippen molar-refractivity contribution >= 4 is 95.2 Å². The average molecular weight is 972 g/mol. The highest BCUT2D eigenvalue weighted by molar-refractivity contribution is 6.07. The molecule has 0 fully saturated rings. The van der Waals surface area contributed by atoms with Crippen LogP contribution < -0.4 is 21.6 Å². The van der Waals surface area contributed by atoms with Gasteiger partial charge in [-0.05, 0) is 55.7 Å². The van der Waals surface area contributed by atoms with Crippen molar-refractivity contribution in [3.05, 3.63) is 157 Å². The number of carbonyl (C=O) groups excluding carboxylic acids is 4. The first-order chi connectivity index (χ1) is 34.8. The first-order valence-electron chi connectivity index (χ1n) is 23.0. The van der Waals surface area contributed by atoms with Crippen LogP contribution in [0.5, 0.6) is 0 Å². The molecule has 72 heavy (non-hydrogen) atoms. The molecule has 0 radical (unpaired) electrons. The largest absolute Gasteiger partial charge is 0.481 e. The lowest BCUT2D eigenvalue weighted by Crippen LogP contribution is -2.60. The van der Waals surface area contributed by atoms with Crippen molar-refractivity contribution in [3.8, 4) is 0 Å². The lowest BCUT2D eigenvalue weighted by molar-refractivity contribution is -0.142. The summed E-state index contributed by atoms with van der Waals surface area (Å²) in [6.07, 6.45) is 9.28. The van der Waals surface area contributed by atoms with Crippen LogP contribution in [0.4, 0.5) is 0 Å². The van der Waals surface area contributed by atoms with E-state index in [0.29, 0.717) is 45.9 Å². The van der Waals surface area contributed by atoms with Gasteiger partial charge in [0.15, 0.2) is 0 Å². The number of carboxylic acid groups (broad SMARTS) is 1. The van der Waals surface area contributed by atoms with Crippen LogP contribution in [-0.2, 0) is 23.8 Å². The molecule has 9 aromatic rings. The van der Waals surface area contributed by atoms with Crippen LogP contribution >= 0.6 is 0 Å². The molecule has 6 aromatic heterocycles. The molecule has 3 aromatic carbocycles. The Hall–Kier alpha value is -9.13. The molecule has 2 unspecified atom stereocenters. The van der Waals surface area contributed by atoms with E-state index in [2.05, 4.69) is 35.2 Å². The molecule has 5 N–H and O–H groups in total. The summed E-state index contributed by atoms with van der Waals surface area (Å²) >= 11 is 0. The molecule has 6 heterocycles. The lowest BCUT2D eigenvalue weighted by Gasteiger charge is -2.34. The number of esters is 3. The summed E-state index contributed by atoms with van der Waals surface area (Å²) in [4.78, 5) is 132. The summed E-state index contributed by atoms with van der Waals surface area (Å²) in [7, 11) is 0. The van der Waals surface area contributed by atoms with Crippen molar-refractivity contribution in [1.29, 1.82) is 0 Å². The van der Waals surface area contributed by atoms with Crippen molar-refractivity contribution in [3.63, 3.8) is 0 Å². The summed E-state index contributed by atoms with van der Waals surface area (Å²) in [5.74, 6) is -6.71. The monoisotopic (exact) mass is 971 g/mol. The Balaban J connectivity index is 1.07. The predicted molar refractivity (Wildman–Crippen MR) is 266 cm³/mol. The zero-order chi connectivity index (χ0) is 50.7. The second-order valence-corrected chi connectivity index (χ2v) is 17.6. The van der Waals surface area contributed by atoms with Crippen LogP contribution in [0.1, 0.15) is 70.6 Å². The molecule has 9 rings (SSSR count). The van der Waals surface area contributed by atoms with E-state index in [9.17, 15) is 43.5 Å². The third-order valence-corrected chi connectivity index (χ3v) is 12.8. The Bertz CT molecular complexity index is 3490. The number of hydrogen-bond acceptors (Lipinski definition) is 14. The van der Waals surface area contributed by atoms with Gasteiger partial charge in [0.1, 0.15) is 42.0 Å². The number of ether oxygens (including phenoxy) is 3. The third kappa shape index (κ3) is 9.34. The third-order valence-electron chi connectivity index (χ3n) is 12.8. The van der Waals surface area contributed by atoms with Gasteiger partial charge in [-0.2, -0.15) is 0 Å². The van der Waals surface area contributed by atoms with E-state index < -0.39 is 100.0 Å². The van der Waals surface area contributed by atoms with Crippen molar-refractivity contribution in [2.75, 3.05) is 19.8 Å².